The maximum absolute atomic E-state index is 12.7. The molecule has 1 aromatic heterocycles. The molecule has 3 nitrogen and oxygen atoms in total. The molecular formula is C18H22N2OS. The van der Waals surface area contributed by atoms with Gasteiger partial charge in [-0.15, -0.1) is 11.3 Å². The second-order valence-electron chi connectivity index (χ2n) is 5.68. The molecule has 2 aromatic rings. The average Bonchev–Trinajstić information content (AvgIpc) is 3.01. The molecule has 0 spiro atoms. The molecule has 1 N–H and O–H groups in total. The molecule has 1 atom stereocenters. The maximum Gasteiger partial charge on any atom is 0.237 e. The van der Waals surface area contributed by atoms with Gasteiger partial charge in [0.25, 0.3) is 0 Å². The fourth-order valence-corrected chi connectivity index (χ4v) is 4.05. The van der Waals surface area contributed by atoms with Gasteiger partial charge in [-0.3, -0.25) is 4.79 Å². The van der Waals surface area contributed by atoms with Crippen LogP contribution in [0.3, 0.4) is 0 Å². The minimum Gasteiger partial charge on any atom is -0.330 e. The molecule has 22 heavy (non-hydrogen) atoms. The number of thiophene rings is 1. The monoisotopic (exact) mass is 314 g/mol. The van der Waals surface area contributed by atoms with Gasteiger partial charge in [0.05, 0.1) is 12.6 Å². The number of amides is 1. The lowest BCUT2D eigenvalue weighted by molar-refractivity contribution is -0.132. The van der Waals surface area contributed by atoms with E-state index in [0.29, 0.717) is 6.54 Å². The zero-order chi connectivity index (χ0) is 15.5. The predicted octanol–water partition coefficient (Wildman–Crippen LogP) is 3.14. The third kappa shape index (κ3) is 2.81. The standard InChI is InChI=1S/C18H22N2OS/c1-3-19-12-17(21)20-10-8-16-15(9-11-22-16)18(20)14-7-5-4-6-13(14)2/h4-7,9,11,18-19H,3,8,10,12H2,1-2H3. The molecule has 0 saturated heterocycles. The van der Waals surface area contributed by atoms with Gasteiger partial charge in [-0.25, -0.2) is 0 Å². The van der Waals surface area contributed by atoms with Crippen molar-refractivity contribution in [1.82, 2.24) is 10.2 Å². The van der Waals surface area contributed by atoms with E-state index in [0.717, 1.165) is 19.5 Å². The zero-order valence-corrected chi connectivity index (χ0v) is 14.0. The van der Waals surface area contributed by atoms with Crippen molar-refractivity contribution in [1.29, 1.82) is 0 Å². The second-order valence-corrected chi connectivity index (χ2v) is 6.68. The van der Waals surface area contributed by atoms with E-state index in [1.54, 1.807) is 0 Å². The summed E-state index contributed by atoms with van der Waals surface area (Å²) in [5.41, 5.74) is 3.79. The van der Waals surface area contributed by atoms with Crippen LogP contribution in [0, 0.1) is 6.92 Å². The number of carbonyl (C=O) groups excluding carboxylic acids is 1. The highest BCUT2D eigenvalue weighted by Crippen LogP contribution is 2.38. The number of fused-ring (bicyclic) bond motifs is 1. The number of likely N-dealkylation sites (N-methyl/N-ethyl adjacent to an activating group) is 1. The van der Waals surface area contributed by atoms with E-state index in [1.165, 1.54) is 21.6 Å². The van der Waals surface area contributed by atoms with Crippen molar-refractivity contribution in [2.45, 2.75) is 26.3 Å². The Morgan fingerprint density at radius 3 is 2.91 bits per heavy atom. The molecule has 1 aromatic carbocycles. The first-order valence-corrected chi connectivity index (χ1v) is 8.72. The Kier molecular flexibility index (Phi) is 4.60. The molecule has 1 amide bonds. The number of rotatable bonds is 4. The lowest BCUT2D eigenvalue weighted by atomic mass is 9.90. The van der Waals surface area contributed by atoms with E-state index < -0.39 is 0 Å². The smallest absolute Gasteiger partial charge is 0.237 e. The average molecular weight is 314 g/mol. The van der Waals surface area contributed by atoms with Gasteiger partial charge in [0, 0.05) is 11.4 Å². The third-order valence-electron chi connectivity index (χ3n) is 4.30. The van der Waals surface area contributed by atoms with Crippen molar-refractivity contribution in [3.8, 4) is 0 Å². The number of nitrogens with one attached hydrogen (secondary N) is 1. The highest BCUT2D eigenvalue weighted by atomic mass is 32.1. The summed E-state index contributed by atoms with van der Waals surface area (Å²) in [6.45, 7) is 6.19. The van der Waals surface area contributed by atoms with Crippen molar-refractivity contribution in [3.63, 3.8) is 0 Å². The Morgan fingerprint density at radius 2 is 2.14 bits per heavy atom. The zero-order valence-electron chi connectivity index (χ0n) is 13.1. The van der Waals surface area contributed by atoms with Crippen LogP contribution >= 0.6 is 11.3 Å². The van der Waals surface area contributed by atoms with E-state index >= 15 is 0 Å². The number of aryl methyl sites for hydroxylation is 1. The van der Waals surface area contributed by atoms with Crippen LogP contribution < -0.4 is 5.32 Å². The molecule has 3 rings (SSSR count). The van der Waals surface area contributed by atoms with Gasteiger partial charge >= 0.3 is 0 Å². The lowest BCUT2D eigenvalue weighted by Gasteiger charge is -2.37. The Hall–Kier alpha value is -1.65. The van der Waals surface area contributed by atoms with Crippen molar-refractivity contribution in [2.24, 2.45) is 0 Å². The molecule has 0 aliphatic carbocycles. The molecule has 1 unspecified atom stereocenters. The summed E-state index contributed by atoms with van der Waals surface area (Å²) < 4.78 is 0. The molecule has 1 aliphatic heterocycles. The third-order valence-corrected chi connectivity index (χ3v) is 5.29. The van der Waals surface area contributed by atoms with E-state index in [2.05, 4.69) is 48.0 Å². The molecule has 0 fully saturated rings. The Labute approximate surface area is 136 Å². The summed E-state index contributed by atoms with van der Waals surface area (Å²) in [6, 6.07) is 10.6. The summed E-state index contributed by atoms with van der Waals surface area (Å²) in [7, 11) is 0. The molecule has 116 valence electrons. The van der Waals surface area contributed by atoms with Crippen molar-refractivity contribution in [3.05, 3.63) is 57.3 Å². The maximum atomic E-state index is 12.7. The van der Waals surface area contributed by atoms with E-state index in [9.17, 15) is 4.79 Å². The Balaban J connectivity index is 2.00. The molecule has 0 radical (unpaired) electrons. The van der Waals surface area contributed by atoms with Gasteiger partial charge in [0.15, 0.2) is 0 Å². The van der Waals surface area contributed by atoms with Crippen LogP contribution in [0.4, 0.5) is 0 Å². The van der Waals surface area contributed by atoms with Crippen LogP contribution in [0.25, 0.3) is 0 Å². The van der Waals surface area contributed by atoms with Crippen LogP contribution in [0.1, 0.15) is 34.5 Å². The fraction of sp³-hybridized carbons (Fsp3) is 0.389. The highest BCUT2D eigenvalue weighted by molar-refractivity contribution is 7.10. The number of hydrogen-bond donors (Lipinski definition) is 1. The van der Waals surface area contributed by atoms with Crippen LogP contribution in [-0.2, 0) is 11.2 Å². The summed E-state index contributed by atoms with van der Waals surface area (Å²) in [4.78, 5) is 16.1. The van der Waals surface area contributed by atoms with Gasteiger partial charge in [0.2, 0.25) is 5.91 Å². The van der Waals surface area contributed by atoms with Crippen molar-refractivity contribution in [2.75, 3.05) is 19.6 Å². The number of nitrogens with zero attached hydrogens (tertiary/aromatic N) is 1. The van der Waals surface area contributed by atoms with Crippen molar-refractivity contribution >= 4 is 17.2 Å². The molecular weight excluding hydrogens is 292 g/mol. The largest absolute Gasteiger partial charge is 0.330 e. The summed E-state index contributed by atoms with van der Waals surface area (Å²) in [6.07, 6.45) is 0.966. The number of carbonyl (C=O) groups is 1. The lowest BCUT2D eigenvalue weighted by Crippen LogP contribution is -2.44. The minimum atomic E-state index is 0.0577. The first kappa shape index (κ1) is 15.3. The normalized spacial score (nSPS) is 17.4. The molecule has 0 bridgehead atoms. The highest BCUT2D eigenvalue weighted by Gasteiger charge is 2.33. The van der Waals surface area contributed by atoms with Gasteiger partial charge in [-0.1, -0.05) is 31.2 Å². The van der Waals surface area contributed by atoms with Gasteiger partial charge in [0.1, 0.15) is 0 Å². The summed E-state index contributed by atoms with van der Waals surface area (Å²) >= 11 is 1.81. The van der Waals surface area contributed by atoms with Crippen LogP contribution in [-0.4, -0.2) is 30.4 Å². The van der Waals surface area contributed by atoms with Gasteiger partial charge in [-0.05, 0) is 48.0 Å². The topological polar surface area (TPSA) is 32.3 Å². The van der Waals surface area contributed by atoms with Gasteiger partial charge in [-0.2, -0.15) is 0 Å². The summed E-state index contributed by atoms with van der Waals surface area (Å²) in [5.74, 6) is 0.187. The Morgan fingerprint density at radius 1 is 1.32 bits per heavy atom. The molecule has 2 heterocycles. The van der Waals surface area contributed by atoms with Crippen LogP contribution in [0.15, 0.2) is 35.7 Å². The number of hydrogen-bond acceptors (Lipinski definition) is 3. The van der Waals surface area contributed by atoms with Gasteiger partial charge < -0.3 is 10.2 Å². The first-order chi connectivity index (χ1) is 10.7. The molecule has 1 aliphatic rings. The minimum absolute atomic E-state index is 0.0577. The summed E-state index contributed by atoms with van der Waals surface area (Å²) in [5, 5.41) is 5.31. The first-order valence-electron chi connectivity index (χ1n) is 7.84. The predicted molar refractivity (Wildman–Crippen MR) is 91.3 cm³/mol. The Bertz CT molecular complexity index is 665. The second kappa shape index (κ2) is 6.63. The van der Waals surface area contributed by atoms with Crippen molar-refractivity contribution < 1.29 is 4.79 Å². The van der Waals surface area contributed by atoms with Crippen LogP contribution in [0.5, 0.6) is 0 Å². The SMILES string of the molecule is CCNCC(=O)N1CCc2sccc2C1c1ccccc1C. The quantitative estimate of drug-likeness (QED) is 0.940. The molecule has 0 saturated carbocycles. The van der Waals surface area contributed by atoms with Crippen LogP contribution in [0.2, 0.25) is 0 Å². The fourth-order valence-electron chi connectivity index (χ4n) is 3.15. The van der Waals surface area contributed by atoms with E-state index in [-0.39, 0.29) is 11.9 Å². The molecule has 4 heteroatoms. The van der Waals surface area contributed by atoms with E-state index in [4.69, 9.17) is 0 Å². The number of benzene rings is 1. The van der Waals surface area contributed by atoms with E-state index in [1.807, 2.05) is 23.2 Å².